The van der Waals surface area contributed by atoms with E-state index in [4.69, 9.17) is 9.97 Å². The van der Waals surface area contributed by atoms with Gasteiger partial charge in [-0.2, -0.15) is 0 Å². The fourth-order valence-electron chi connectivity index (χ4n) is 5.39. The molecule has 224 valence electrons. The van der Waals surface area contributed by atoms with Crippen molar-refractivity contribution in [3.8, 4) is 22.5 Å². The van der Waals surface area contributed by atoms with Crippen molar-refractivity contribution >= 4 is 33.6 Å². The maximum atomic E-state index is 13.2. The highest BCUT2D eigenvalue weighted by atomic mass is 16.2. The summed E-state index contributed by atoms with van der Waals surface area (Å²) in [5.74, 6) is -0.208. The topological polar surface area (TPSA) is 96.0 Å². The van der Waals surface area contributed by atoms with Crippen LogP contribution in [0.1, 0.15) is 33.6 Å². The number of amides is 2. The first kappa shape index (κ1) is 29.7. The minimum absolute atomic E-state index is 0.104. The summed E-state index contributed by atoms with van der Waals surface area (Å²) < 4.78 is 0. The van der Waals surface area contributed by atoms with E-state index in [9.17, 15) is 9.59 Å². The maximum absolute atomic E-state index is 13.2. The summed E-state index contributed by atoms with van der Waals surface area (Å²) >= 11 is 0. The van der Waals surface area contributed by atoms with Crippen LogP contribution in [0.4, 0.5) is 0 Å². The Bertz CT molecular complexity index is 1790. The molecule has 2 amide bonds. The lowest BCUT2D eigenvalue weighted by Crippen LogP contribution is -2.30. The standard InChI is InChI=1S/C38H35N5O2/c44-37(31-25-35(27-13-3-1-4-14-27)42-33-19-9-7-17-29(31)33)40-23-11-21-39-22-12-24-41-38(45)32-26-36(28-15-5-2-6-16-28)43-34-20-10-8-18-30(32)34/h1-10,13-20,25-26,39H,11-12,21-24H2,(H,40,44)(H,41,45). The predicted molar refractivity (Wildman–Crippen MR) is 181 cm³/mol. The van der Waals surface area contributed by atoms with E-state index in [-0.39, 0.29) is 11.8 Å². The molecule has 2 heterocycles. The lowest BCUT2D eigenvalue weighted by molar-refractivity contribution is 0.0947. The number of pyridine rings is 2. The molecule has 0 aliphatic heterocycles. The lowest BCUT2D eigenvalue weighted by Gasteiger charge is -2.12. The van der Waals surface area contributed by atoms with Gasteiger partial charge >= 0.3 is 0 Å². The fraction of sp³-hybridized carbons (Fsp3) is 0.158. The molecule has 0 aliphatic carbocycles. The quantitative estimate of drug-likeness (QED) is 0.138. The average Bonchev–Trinajstić information content (AvgIpc) is 3.10. The largest absolute Gasteiger partial charge is 0.352 e. The molecular formula is C38H35N5O2. The zero-order chi connectivity index (χ0) is 30.8. The number of nitrogens with one attached hydrogen (secondary N) is 3. The van der Waals surface area contributed by atoms with Crippen molar-refractivity contribution in [1.29, 1.82) is 0 Å². The van der Waals surface area contributed by atoms with Gasteiger partial charge in [-0.25, -0.2) is 9.97 Å². The van der Waals surface area contributed by atoms with Gasteiger partial charge in [-0.3, -0.25) is 9.59 Å². The summed E-state index contributed by atoms with van der Waals surface area (Å²) in [6.45, 7) is 2.63. The van der Waals surface area contributed by atoms with Crippen molar-refractivity contribution in [2.75, 3.05) is 26.2 Å². The number of rotatable bonds is 12. The number of aromatic nitrogens is 2. The van der Waals surface area contributed by atoms with E-state index in [1.165, 1.54) is 0 Å². The molecular weight excluding hydrogens is 558 g/mol. The molecule has 3 N–H and O–H groups in total. The summed E-state index contributed by atoms with van der Waals surface area (Å²) in [5, 5.41) is 11.2. The molecule has 2 aromatic heterocycles. The van der Waals surface area contributed by atoms with Crippen molar-refractivity contribution in [1.82, 2.24) is 25.9 Å². The van der Waals surface area contributed by atoms with Gasteiger partial charge in [-0.1, -0.05) is 97.1 Å². The van der Waals surface area contributed by atoms with E-state index in [0.29, 0.717) is 24.2 Å². The Morgan fingerprint density at radius 3 is 1.33 bits per heavy atom. The molecule has 0 unspecified atom stereocenters. The third-order valence-electron chi connectivity index (χ3n) is 7.69. The molecule has 6 rings (SSSR count). The smallest absolute Gasteiger partial charge is 0.252 e. The SMILES string of the molecule is O=C(NCCCNCCCNC(=O)c1cc(-c2ccccc2)nc2ccccc12)c1cc(-c2ccccc2)nc2ccccc12. The van der Waals surface area contributed by atoms with Gasteiger partial charge < -0.3 is 16.0 Å². The fourth-order valence-corrected chi connectivity index (χ4v) is 5.39. The molecule has 7 heteroatoms. The molecule has 0 spiro atoms. The molecule has 4 aromatic carbocycles. The Hall–Kier alpha value is -5.40. The van der Waals surface area contributed by atoms with Crippen molar-refractivity contribution in [2.24, 2.45) is 0 Å². The molecule has 7 nitrogen and oxygen atoms in total. The predicted octanol–water partition coefficient (Wildman–Crippen LogP) is 6.65. The number of carbonyl (C=O) groups excluding carboxylic acids is 2. The molecule has 45 heavy (non-hydrogen) atoms. The van der Waals surface area contributed by atoms with Crippen LogP contribution in [-0.4, -0.2) is 48.0 Å². The van der Waals surface area contributed by atoms with Crippen molar-refractivity contribution in [2.45, 2.75) is 12.8 Å². The van der Waals surface area contributed by atoms with Gasteiger partial charge in [0.05, 0.1) is 33.5 Å². The Kier molecular flexibility index (Phi) is 9.48. The van der Waals surface area contributed by atoms with Crippen molar-refractivity contribution in [3.05, 3.63) is 132 Å². The second kappa shape index (κ2) is 14.4. The van der Waals surface area contributed by atoms with Crippen molar-refractivity contribution < 1.29 is 9.59 Å². The van der Waals surface area contributed by atoms with Gasteiger partial charge in [0.25, 0.3) is 11.8 Å². The minimum atomic E-state index is -0.104. The summed E-state index contributed by atoms with van der Waals surface area (Å²) in [6.07, 6.45) is 1.58. The average molecular weight is 594 g/mol. The van der Waals surface area contributed by atoms with Crippen LogP contribution in [0, 0.1) is 0 Å². The third kappa shape index (κ3) is 7.22. The molecule has 0 atom stereocenters. The van der Waals surface area contributed by atoms with Gasteiger partial charge in [0.1, 0.15) is 0 Å². The first-order chi connectivity index (χ1) is 22.2. The second-order valence-electron chi connectivity index (χ2n) is 10.8. The number of para-hydroxylation sites is 2. The van der Waals surface area contributed by atoms with Gasteiger partial charge in [-0.05, 0) is 50.2 Å². The van der Waals surface area contributed by atoms with Gasteiger partial charge in [0.2, 0.25) is 0 Å². The number of carbonyl (C=O) groups is 2. The summed E-state index contributed by atoms with van der Waals surface area (Å²) in [4.78, 5) is 35.9. The van der Waals surface area contributed by atoms with Crippen LogP contribution in [0.25, 0.3) is 44.3 Å². The van der Waals surface area contributed by atoms with E-state index in [1.807, 2.05) is 121 Å². The number of benzene rings is 4. The third-order valence-corrected chi connectivity index (χ3v) is 7.69. The van der Waals surface area contributed by atoms with E-state index >= 15 is 0 Å². The summed E-state index contributed by atoms with van der Waals surface area (Å²) in [7, 11) is 0. The van der Waals surface area contributed by atoms with Crippen LogP contribution in [0.5, 0.6) is 0 Å². The Labute approximate surface area is 262 Å². The molecule has 0 fully saturated rings. The highest BCUT2D eigenvalue weighted by molar-refractivity contribution is 6.08. The summed E-state index contributed by atoms with van der Waals surface area (Å²) in [6, 6.07) is 39.0. The zero-order valence-corrected chi connectivity index (χ0v) is 25.0. The maximum Gasteiger partial charge on any atom is 0.252 e. The van der Waals surface area contributed by atoms with E-state index in [2.05, 4.69) is 16.0 Å². The van der Waals surface area contributed by atoms with Crippen molar-refractivity contribution in [3.63, 3.8) is 0 Å². The number of hydrogen-bond acceptors (Lipinski definition) is 5. The minimum Gasteiger partial charge on any atom is -0.352 e. The normalized spacial score (nSPS) is 11.0. The van der Waals surface area contributed by atoms with E-state index in [1.54, 1.807) is 0 Å². The van der Waals surface area contributed by atoms with Crippen LogP contribution in [0.3, 0.4) is 0 Å². The first-order valence-corrected chi connectivity index (χ1v) is 15.3. The molecule has 6 aromatic rings. The second-order valence-corrected chi connectivity index (χ2v) is 10.8. The zero-order valence-electron chi connectivity index (χ0n) is 25.0. The monoisotopic (exact) mass is 593 g/mol. The van der Waals surface area contributed by atoms with Gasteiger partial charge in [0.15, 0.2) is 0 Å². The highest BCUT2D eigenvalue weighted by Crippen LogP contribution is 2.26. The van der Waals surface area contributed by atoms with Crippen LogP contribution >= 0.6 is 0 Å². The molecule has 0 saturated heterocycles. The van der Waals surface area contributed by atoms with Crippen LogP contribution in [0.15, 0.2) is 121 Å². The Morgan fingerprint density at radius 2 is 0.889 bits per heavy atom. The number of nitrogens with zero attached hydrogens (tertiary/aromatic N) is 2. The van der Waals surface area contributed by atoms with Crippen LogP contribution < -0.4 is 16.0 Å². The van der Waals surface area contributed by atoms with Crippen LogP contribution in [-0.2, 0) is 0 Å². The van der Waals surface area contributed by atoms with E-state index in [0.717, 1.165) is 70.3 Å². The van der Waals surface area contributed by atoms with E-state index < -0.39 is 0 Å². The summed E-state index contributed by atoms with van der Waals surface area (Å²) in [5.41, 5.74) is 6.36. The molecule has 0 saturated carbocycles. The highest BCUT2D eigenvalue weighted by Gasteiger charge is 2.15. The number of hydrogen-bond donors (Lipinski definition) is 3. The van der Waals surface area contributed by atoms with Gasteiger partial charge in [-0.15, -0.1) is 0 Å². The molecule has 0 bridgehead atoms. The lowest BCUT2D eigenvalue weighted by atomic mass is 10.0. The Balaban J connectivity index is 0.961. The molecule has 0 aliphatic rings. The van der Waals surface area contributed by atoms with Crippen LogP contribution in [0.2, 0.25) is 0 Å². The van der Waals surface area contributed by atoms with Gasteiger partial charge in [0, 0.05) is 35.0 Å². The first-order valence-electron chi connectivity index (χ1n) is 15.3. The number of fused-ring (bicyclic) bond motifs is 2. The Morgan fingerprint density at radius 1 is 0.489 bits per heavy atom. The molecule has 0 radical (unpaired) electrons.